The third-order valence-electron chi connectivity index (χ3n) is 3.02. The molecule has 0 saturated carbocycles. The van der Waals surface area contributed by atoms with Crippen molar-refractivity contribution < 1.29 is 4.79 Å². The lowest BCUT2D eigenvalue weighted by Crippen LogP contribution is -2.28. The van der Waals surface area contributed by atoms with Crippen LogP contribution in [0.3, 0.4) is 0 Å². The molecule has 1 atom stereocenters. The van der Waals surface area contributed by atoms with Gasteiger partial charge in [-0.3, -0.25) is 9.48 Å². The molecule has 5 heteroatoms. The van der Waals surface area contributed by atoms with Crippen LogP contribution >= 0.6 is 0 Å². The number of aryl methyl sites for hydroxylation is 1. The fraction of sp³-hybridized carbons (Fsp3) is 0.600. The van der Waals surface area contributed by atoms with E-state index in [2.05, 4.69) is 10.4 Å². The van der Waals surface area contributed by atoms with E-state index in [4.69, 9.17) is 5.73 Å². The molecule has 1 unspecified atom stereocenters. The maximum Gasteiger partial charge on any atom is 0.242 e. The minimum absolute atomic E-state index is 0.303. The van der Waals surface area contributed by atoms with Crippen LogP contribution in [-0.2, 0) is 11.3 Å². The predicted octanol–water partition coefficient (Wildman–Crippen LogP) is 0.0196. The maximum absolute atomic E-state index is 11.3. The van der Waals surface area contributed by atoms with Gasteiger partial charge in [0.1, 0.15) is 6.04 Å². The SMILES string of the molecule is Cc1nn2c(c1C)CNCCC2C(N)=O. The molecule has 82 valence electrons. The molecule has 1 aromatic rings. The van der Waals surface area contributed by atoms with Crippen molar-refractivity contribution >= 4 is 5.91 Å². The van der Waals surface area contributed by atoms with E-state index in [-0.39, 0.29) is 11.9 Å². The molecule has 1 aliphatic rings. The van der Waals surface area contributed by atoms with E-state index < -0.39 is 0 Å². The van der Waals surface area contributed by atoms with Gasteiger partial charge < -0.3 is 11.1 Å². The number of fused-ring (bicyclic) bond motifs is 1. The Morgan fingerprint density at radius 1 is 1.60 bits per heavy atom. The number of rotatable bonds is 1. The van der Waals surface area contributed by atoms with Gasteiger partial charge in [0.05, 0.1) is 11.4 Å². The number of carbonyl (C=O) groups excluding carboxylic acids is 1. The minimum Gasteiger partial charge on any atom is -0.368 e. The second-order valence-electron chi connectivity index (χ2n) is 3.99. The Labute approximate surface area is 88.6 Å². The number of aromatic nitrogens is 2. The van der Waals surface area contributed by atoms with E-state index in [0.717, 1.165) is 30.0 Å². The van der Waals surface area contributed by atoms with Crippen molar-refractivity contribution in [2.45, 2.75) is 32.9 Å². The molecular formula is C10H16N4O. The van der Waals surface area contributed by atoms with E-state index in [1.165, 1.54) is 0 Å². The zero-order valence-corrected chi connectivity index (χ0v) is 9.08. The topological polar surface area (TPSA) is 72.9 Å². The molecule has 1 amide bonds. The first kappa shape index (κ1) is 10.2. The van der Waals surface area contributed by atoms with E-state index >= 15 is 0 Å². The molecule has 2 heterocycles. The number of carbonyl (C=O) groups is 1. The number of hydrogen-bond acceptors (Lipinski definition) is 3. The Balaban J connectivity index is 2.49. The van der Waals surface area contributed by atoms with Gasteiger partial charge in [0.25, 0.3) is 0 Å². The summed E-state index contributed by atoms with van der Waals surface area (Å²) in [6, 6.07) is -0.303. The Kier molecular flexibility index (Phi) is 2.48. The average molecular weight is 208 g/mol. The van der Waals surface area contributed by atoms with Crippen LogP contribution < -0.4 is 11.1 Å². The predicted molar refractivity (Wildman–Crippen MR) is 56.3 cm³/mol. The first-order valence-electron chi connectivity index (χ1n) is 5.16. The molecule has 2 rings (SSSR count). The minimum atomic E-state index is -0.303. The summed E-state index contributed by atoms with van der Waals surface area (Å²) in [5.41, 5.74) is 8.58. The van der Waals surface area contributed by atoms with Gasteiger partial charge in [-0.1, -0.05) is 0 Å². The first-order valence-corrected chi connectivity index (χ1v) is 5.16. The molecule has 15 heavy (non-hydrogen) atoms. The smallest absolute Gasteiger partial charge is 0.242 e. The lowest BCUT2D eigenvalue weighted by atomic mass is 10.2. The number of nitrogens with one attached hydrogen (secondary N) is 1. The van der Waals surface area contributed by atoms with E-state index in [1.54, 1.807) is 4.68 Å². The van der Waals surface area contributed by atoms with Gasteiger partial charge in [-0.15, -0.1) is 0 Å². The molecule has 0 aliphatic carbocycles. The Hall–Kier alpha value is -1.36. The van der Waals surface area contributed by atoms with Crippen LogP contribution in [0.2, 0.25) is 0 Å². The van der Waals surface area contributed by atoms with Crippen molar-refractivity contribution in [1.29, 1.82) is 0 Å². The van der Waals surface area contributed by atoms with Crippen molar-refractivity contribution in [3.8, 4) is 0 Å². The van der Waals surface area contributed by atoms with Gasteiger partial charge in [0.2, 0.25) is 5.91 Å². The van der Waals surface area contributed by atoms with Crippen LogP contribution in [0, 0.1) is 13.8 Å². The summed E-state index contributed by atoms with van der Waals surface area (Å²) in [4.78, 5) is 11.3. The van der Waals surface area contributed by atoms with Gasteiger partial charge in [-0.2, -0.15) is 5.10 Å². The molecule has 0 spiro atoms. The summed E-state index contributed by atoms with van der Waals surface area (Å²) in [6.45, 7) is 5.54. The molecule has 0 aromatic carbocycles. The summed E-state index contributed by atoms with van der Waals surface area (Å²) in [7, 11) is 0. The number of nitrogens with two attached hydrogens (primary N) is 1. The highest BCUT2D eigenvalue weighted by molar-refractivity contribution is 5.78. The Morgan fingerprint density at radius 3 is 3.00 bits per heavy atom. The molecule has 0 saturated heterocycles. The van der Waals surface area contributed by atoms with Gasteiger partial charge in [0, 0.05) is 6.54 Å². The third kappa shape index (κ3) is 1.63. The fourth-order valence-electron chi connectivity index (χ4n) is 1.98. The fourth-order valence-corrected chi connectivity index (χ4v) is 1.98. The summed E-state index contributed by atoms with van der Waals surface area (Å²) in [6.07, 6.45) is 0.711. The Bertz CT molecular complexity index is 396. The zero-order valence-electron chi connectivity index (χ0n) is 9.08. The van der Waals surface area contributed by atoms with Gasteiger partial charge in [-0.25, -0.2) is 0 Å². The van der Waals surface area contributed by atoms with Gasteiger partial charge >= 0.3 is 0 Å². The van der Waals surface area contributed by atoms with Crippen LogP contribution in [0.4, 0.5) is 0 Å². The average Bonchev–Trinajstić information content (AvgIpc) is 2.40. The van der Waals surface area contributed by atoms with E-state index in [0.29, 0.717) is 6.42 Å². The van der Waals surface area contributed by atoms with Crippen molar-refractivity contribution in [3.05, 3.63) is 17.0 Å². The van der Waals surface area contributed by atoms with Crippen LogP contribution in [0.25, 0.3) is 0 Å². The largest absolute Gasteiger partial charge is 0.368 e. The summed E-state index contributed by atoms with van der Waals surface area (Å²) >= 11 is 0. The van der Waals surface area contributed by atoms with Gasteiger partial charge in [-0.05, 0) is 32.4 Å². The molecule has 0 fully saturated rings. The standard InChI is InChI=1S/C10H16N4O/c1-6-7(2)13-14-8(10(11)15)3-4-12-5-9(6)14/h8,12H,3-5H2,1-2H3,(H2,11,15). The highest BCUT2D eigenvalue weighted by Crippen LogP contribution is 2.21. The number of amides is 1. The lowest BCUT2D eigenvalue weighted by Gasteiger charge is -2.12. The molecule has 1 aliphatic heterocycles. The van der Waals surface area contributed by atoms with Crippen LogP contribution in [0.15, 0.2) is 0 Å². The first-order chi connectivity index (χ1) is 7.11. The molecule has 3 N–H and O–H groups in total. The van der Waals surface area contributed by atoms with Crippen molar-refractivity contribution in [2.24, 2.45) is 5.73 Å². The molecular weight excluding hydrogens is 192 g/mol. The highest BCUT2D eigenvalue weighted by atomic mass is 16.1. The lowest BCUT2D eigenvalue weighted by molar-refractivity contribution is -0.121. The summed E-state index contributed by atoms with van der Waals surface area (Å²) in [5.74, 6) is -0.303. The van der Waals surface area contributed by atoms with Crippen LogP contribution in [0.1, 0.15) is 29.4 Å². The normalized spacial score (nSPS) is 20.8. The van der Waals surface area contributed by atoms with Crippen molar-refractivity contribution in [1.82, 2.24) is 15.1 Å². The molecule has 0 bridgehead atoms. The van der Waals surface area contributed by atoms with Crippen LogP contribution in [-0.4, -0.2) is 22.2 Å². The molecule has 0 radical (unpaired) electrons. The maximum atomic E-state index is 11.3. The van der Waals surface area contributed by atoms with Crippen LogP contribution in [0.5, 0.6) is 0 Å². The number of hydrogen-bond donors (Lipinski definition) is 2. The monoisotopic (exact) mass is 208 g/mol. The Morgan fingerprint density at radius 2 is 2.33 bits per heavy atom. The summed E-state index contributed by atoms with van der Waals surface area (Å²) < 4.78 is 1.78. The number of nitrogens with zero attached hydrogens (tertiary/aromatic N) is 2. The number of primary amides is 1. The second-order valence-corrected chi connectivity index (χ2v) is 3.99. The molecule has 1 aromatic heterocycles. The van der Waals surface area contributed by atoms with E-state index in [1.807, 2.05) is 13.8 Å². The summed E-state index contributed by atoms with van der Waals surface area (Å²) in [5, 5.41) is 7.66. The molecule has 5 nitrogen and oxygen atoms in total. The third-order valence-corrected chi connectivity index (χ3v) is 3.02. The zero-order chi connectivity index (χ0) is 11.0. The van der Waals surface area contributed by atoms with Crippen molar-refractivity contribution in [3.63, 3.8) is 0 Å². The quantitative estimate of drug-likeness (QED) is 0.683. The van der Waals surface area contributed by atoms with E-state index in [9.17, 15) is 4.79 Å². The highest BCUT2D eigenvalue weighted by Gasteiger charge is 2.25. The van der Waals surface area contributed by atoms with Gasteiger partial charge in [0.15, 0.2) is 0 Å². The van der Waals surface area contributed by atoms with Crippen molar-refractivity contribution in [2.75, 3.05) is 6.54 Å². The second kappa shape index (κ2) is 3.66.